The van der Waals surface area contributed by atoms with Crippen molar-refractivity contribution in [3.05, 3.63) is 82.9 Å². The predicted molar refractivity (Wildman–Crippen MR) is 128 cm³/mol. The number of aromatic carboxylic acids is 1. The number of hydrogen-bond donors (Lipinski definition) is 2. The van der Waals surface area contributed by atoms with Crippen molar-refractivity contribution in [3.8, 4) is 0 Å². The van der Waals surface area contributed by atoms with Gasteiger partial charge in [-0.05, 0) is 42.0 Å². The molecule has 10 heteroatoms. The Morgan fingerprint density at radius 2 is 1.72 bits per heavy atom. The third kappa shape index (κ3) is 5.02. The highest BCUT2D eigenvalue weighted by atomic mass is 19.4. The van der Waals surface area contributed by atoms with Crippen LogP contribution >= 0.6 is 0 Å². The molecule has 2 aromatic heterocycles. The van der Waals surface area contributed by atoms with Gasteiger partial charge in [-0.15, -0.1) is 0 Å². The lowest BCUT2D eigenvalue weighted by molar-refractivity contribution is -0.137. The summed E-state index contributed by atoms with van der Waals surface area (Å²) in [5.41, 5.74) is 1.67. The van der Waals surface area contributed by atoms with Crippen molar-refractivity contribution in [2.75, 3.05) is 11.9 Å². The fraction of sp³-hybridized carbons (Fsp3) is 0.308. The molecule has 1 aliphatic rings. The van der Waals surface area contributed by atoms with E-state index in [4.69, 9.17) is 0 Å². The van der Waals surface area contributed by atoms with Crippen molar-refractivity contribution in [2.45, 2.75) is 38.4 Å². The smallest absolute Gasteiger partial charge is 0.416 e. The van der Waals surface area contributed by atoms with Gasteiger partial charge in [0.25, 0.3) is 0 Å². The second-order valence-corrected chi connectivity index (χ2v) is 9.02. The number of carbonyl (C=O) groups is 1. The molecule has 0 bridgehead atoms. The first-order valence-electron chi connectivity index (χ1n) is 11.7. The maximum Gasteiger partial charge on any atom is 0.416 e. The Labute approximate surface area is 205 Å². The third-order valence-corrected chi connectivity index (χ3v) is 6.48. The highest BCUT2D eigenvalue weighted by Crippen LogP contribution is 2.31. The lowest BCUT2D eigenvalue weighted by Gasteiger charge is -2.25. The van der Waals surface area contributed by atoms with Crippen LogP contribution in [-0.4, -0.2) is 37.1 Å². The SMILES string of the molecule is O=C(O)c1nc(NCC2CCC2)c2c(n1)nc(Cc1ccccc1)n2Cc1ccc(C(F)(F)F)cc1. The summed E-state index contributed by atoms with van der Waals surface area (Å²) in [6, 6.07) is 14.6. The lowest BCUT2D eigenvalue weighted by Crippen LogP contribution is -2.22. The van der Waals surface area contributed by atoms with Crippen molar-refractivity contribution in [1.29, 1.82) is 0 Å². The van der Waals surface area contributed by atoms with Gasteiger partial charge in [-0.1, -0.05) is 48.9 Å². The Bertz CT molecular complexity index is 1380. The van der Waals surface area contributed by atoms with Gasteiger partial charge in [-0.3, -0.25) is 0 Å². The molecule has 0 unspecified atom stereocenters. The minimum absolute atomic E-state index is 0.227. The summed E-state index contributed by atoms with van der Waals surface area (Å²) in [7, 11) is 0. The standard InChI is InChI=1S/C26H24F3N5O2/c27-26(28,29)19-11-9-18(10-12-19)15-34-20(13-16-5-2-1-3-6-16)31-23-21(34)22(30-14-17-7-4-8-17)32-24(33-23)25(35)36/h1-3,5-6,9-12,17H,4,7-8,13-15H2,(H,35,36)(H,30,32,33). The molecule has 7 nitrogen and oxygen atoms in total. The molecule has 186 valence electrons. The van der Waals surface area contributed by atoms with E-state index in [1.807, 2.05) is 34.9 Å². The summed E-state index contributed by atoms with van der Waals surface area (Å²) in [6.45, 7) is 0.870. The van der Waals surface area contributed by atoms with E-state index in [9.17, 15) is 23.1 Å². The highest BCUT2D eigenvalue weighted by Gasteiger charge is 2.30. The van der Waals surface area contributed by atoms with Crippen LogP contribution in [0.4, 0.5) is 19.0 Å². The number of nitrogens with one attached hydrogen (secondary N) is 1. The van der Waals surface area contributed by atoms with Crippen LogP contribution in [0.15, 0.2) is 54.6 Å². The fourth-order valence-electron chi connectivity index (χ4n) is 4.30. The maximum absolute atomic E-state index is 13.1. The van der Waals surface area contributed by atoms with Crippen LogP contribution in [0.1, 0.15) is 52.4 Å². The topological polar surface area (TPSA) is 92.9 Å². The first-order valence-corrected chi connectivity index (χ1v) is 11.7. The molecule has 0 aliphatic heterocycles. The molecule has 2 heterocycles. The monoisotopic (exact) mass is 495 g/mol. The van der Waals surface area contributed by atoms with Crippen LogP contribution < -0.4 is 5.32 Å². The Hall–Kier alpha value is -3.95. The van der Waals surface area contributed by atoms with Gasteiger partial charge >= 0.3 is 12.1 Å². The zero-order valence-corrected chi connectivity index (χ0v) is 19.3. The molecule has 2 N–H and O–H groups in total. The number of aromatic nitrogens is 4. The Balaban J connectivity index is 1.60. The van der Waals surface area contributed by atoms with Gasteiger partial charge in [0.15, 0.2) is 11.5 Å². The summed E-state index contributed by atoms with van der Waals surface area (Å²) >= 11 is 0. The molecule has 1 aliphatic carbocycles. The van der Waals surface area contributed by atoms with Crippen LogP contribution in [0, 0.1) is 5.92 Å². The van der Waals surface area contributed by atoms with Crippen LogP contribution in [0.25, 0.3) is 11.2 Å². The van der Waals surface area contributed by atoms with E-state index >= 15 is 0 Å². The van der Waals surface area contributed by atoms with E-state index < -0.39 is 17.7 Å². The van der Waals surface area contributed by atoms with Gasteiger partial charge < -0.3 is 15.0 Å². The summed E-state index contributed by atoms with van der Waals surface area (Å²) < 4.78 is 41.1. The van der Waals surface area contributed by atoms with Gasteiger partial charge in [0, 0.05) is 19.5 Å². The van der Waals surface area contributed by atoms with Gasteiger partial charge in [0.1, 0.15) is 11.3 Å². The zero-order valence-electron chi connectivity index (χ0n) is 19.3. The zero-order chi connectivity index (χ0) is 25.3. The molecular weight excluding hydrogens is 471 g/mol. The number of carboxylic acid groups (broad SMARTS) is 1. The number of nitrogens with zero attached hydrogens (tertiary/aromatic N) is 4. The van der Waals surface area contributed by atoms with Gasteiger partial charge in [-0.25, -0.2) is 19.7 Å². The van der Waals surface area contributed by atoms with Gasteiger partial charge in [-0.2, -0.15) is 13.2 Å². The fourth-order valence-corrected chi connectivity index (χ4v) is 4.30. The number of alkyl halides is 3. The summed E-state index contributed by atoms with van der Waals surface area (Å²) in [5.74, 6) is -0.157. The highest BCUT2D eigenvalue weighted by molar-refractivity contribution is 5.90. The van der Waals surface area contributed by atoms with Crippen molar-refractivity contribution in [1.82, 2.24) is 19.5 Å². The van der Waals surface area contributed by atoms with E-state index in [0.717, 1.165) is 30.5 Å². The first kappa shape index (κ1) is 23.8. The summed E-state index contributed by atoms with van der Waals surface area (Å²) in [6.07, 6.45) is -0.631. The summed E-state index contributed by atoms with van der Waals surface area (Å²) in [4.78, 5) is 24.8. The van der Waals surface area contributed by atoms with Crippen LogP contribution in [-0.2, 0) is 19.1 Å². The van der Waals surface area contributed by atoms with Gasteiger partial charge in [0.05, 0.1) is 5.56 Å². The van der Waals surface area contributed by atoms with Crippen LogP contribution in [0.5, 0.6) is 0 Å². The van der Waals surface area contributed by atoms with Crippen molar-refractivity contribution in [3.63, 3.8) is 0 Å². The normalized spacial score (nSPS) is 14.1. The number of rotatable bonds is 8. The number of imidazole rings is 1. The number of halogens is 3. The number of carboxylic acids is 1. The second kappa shape index (κ2) is 9.60. The predicted octanol–water partition coefficient (Wildman–Crippen LogP) is 5.39. The molecule has 0 spiro atoms. The van der Waals surface area contributed by atoms with Crippen molar-refractivity contribution < 1.29 is 23.1 Å². The Kier molecular flexibility index (Phi) is 6.34. The molecular formula is C26H24F3N5O2. The van der Waals surface area contributed by atoms with Crippen molar-refractivity contribution >= 4 is 23.0 Å². The molecule has 1 fully saturated rings. The van der Waals surface area contributed by atoms with Gasteiger partial charge in [0.2, 0.25) is 5.82 Å². The largest absolute Gasteiger partial charge is 0.475 e. The third-order valence-electron chi connectivity index (χ3n) is 6.48. The minimum Gasteiger partial charge on any atom is -0.475 e. The average Bonchev–Trinajstić information content (AvgIpc) is 3.15. The molecule has 0 atom stereocenters. The molecule has 5 rings (SSSR count). The van der Waals surface area contributed by atoms with E-state index in [1.165, 1.54) is 18.6 Å². The molecule has 0 amide bonds. The second-order valence-electron chi connectivity index (χ2n) is 9.02. The van der Waals surface area contributed by atoms with E-state index in [2.05, 4.69) is 20.3 Å². The number of anilines is 1. The maximum atomic E-state index is 13.1. The first-order chi connectivity index (χ1) is 17.3. The molecule has 1 saturated carbocycles. The molecule has 36 heavy (non-hydrogen) atoms. The average molecular weight is 496 g/mol. The Morgan fingerprint density at radius 3 is 2.33 bits per heavy atom. The summed E-state index contributed by atoms with van der Waals surface area (Å²) in [5, 5.41) is 12.9. The van der Waals surface area contributed by atoms with E-state index in [0.29, 0.717) is 41.6 Å². The quantitative estimate of drug-likeness (QED) is 0.340. The molecule has 0 saturated heterocycles. The number of hydrogen-bond acceptors (Lipinski definition) is 5. The minimum atomic E-state index is -4.42. The number of benzene rings is 2. The Morgan fingerprint density at radius 1 is 1.00 bits per heavy atom. The van der Waals surface area contributed by atoms with E-state index in [1.54, 1.807) is 0 Å². The van der Waals surface area contributed by atoms with Crippen LogP contribution in [0.2, 0.25) is 0 Å². The van der Waals surface area contributed by atoms with E-state index in [-0.39, 0.29) is 18.0 Å². The number of fused-ring (bicyclic) bond motifs is 1. The molecule has 4 aromatic rings. The molecule has 2 aromatic carbocycles. The van der Waals surface area contributed by atoms with Crippen LogP contribution in [0.3, 0.4) is 0 Å². The lowest BCUT2D eigenvalue weighted by atomic mass is 9.85. The van der Waals surface area contributed by atoms with Crippen molar-refractivity contribution in [2.24, 2.45) is 5.92 Å². The molecule has 0 radical (unpaired) electrons.